The number of rotatable bonds is 6. The number of thiophene rings is 1. The summed E-state index contributed by atoms with van der Waals surface area (Å²) in [6.45, 7) is 10.1. The Morgan fingerprint density at radius 3 is 2.76 bits per heavy atom. The lowest BCUT2D eigenvalue weighted by Gasteiger charge is -2.22. The molecule has 0 radical (unpaired) electrons. The number of nitrogens with zero attached hydrogens (tertiary/aromatic N) is 4. The monoisotopic (exact) mass is 302 g/mol. The summed E-state index contributed by atoms with van der Waals surface area (Å²) in [6, 6.07) is 2.22. The summed E-state index contributed by atoms with van der Waals surface area (Å²) in [4.78, 5) is 12.5. The number of hydrogen-bond donors (Lipinski definition) is 0. The Kier molecular flexibility index (Phi) is 5.13. The standard InChI is InChI=1S/C16H22N4S/c1-5-20(8-6-7-17)15-14-13(9-11(2)3)10-21-16(14)19-12(4)18-15/h10-11H,5-6,8-9H2,1-4H3. The molecule has 112 valence electrons. The minimum absolute atomic E-state index is 0.516. The van der Waals surface area contributed by atoms with E-state index in [0.29, 0.717) is 12.3 Å². The maximum atomic E-state index is 8.85. The number of hydrogen-bond acceptors (Lipinski definition) is 5. The Balaban J connectivity index is 2.53. The Hall–Kier alpha value is -1.67. The highest BCUT2D eigenvalue weighted by Gasteiger charge is 2.17. The molecule has 2 heterocycles. The van der Waals surface area contributed by atoms with Gasteiger partial charge in [-0.25, -0.2) is 9.97 Å². The Morgan fingerprint density at radius 1 is 1.38 bits per heavy atom. The quantitative estimate of drug-likeness (QED) is 0.811. The van der Waals surface area contributed by atoms with Crippen LogP contribution < -0.4 is 4.90 Å². The molecule has 0 bridgehead atoms. The number of nitriles is 1. The van der Waals surface area contributed by atoms with Crippen LogP contribution >= 0.6 is 11.3 Å². The predicted octanol–water partition coefficient (Wildman–Crippen LogP) is 3.94. The molecule has 0 saturated heterocycles. The van der Waals surface area contributed by atoms with Crippen LogP contribution in [-0.4, -0.2) is 23.1 Å². The summed E-state index contributed by atoms with van der Waals surface area (Å²) in [7, 11) is 0. The highest BCUT2D eigenvalue weighted by molar-refractivity contribution is 7.17. The van der Waals surface area contributed by atoms with Gasteiger partial charge in [0.05, 0.1) is 17.9 Å². The molecular formula is C16H22N4S. The van der Waals surface area contributed by atoms with Crippen LogP contribution in [0.4, 0.5) is 5.82 Å². The van der Waals surface area contributed by atoms with Gasteiger partial charge in [0, 0.05) is 13.1 Å². The Bertz CT molecular complexity index is 654. The lowest BCUT2D eigenvalue weighted by Crippen LogP contribution is -2.25. The van der Waals surface area contributed by atoms with Gasteiger partial charge in [0.15, 0.2) is 0 Å². The molecule has 0 amide bonds. The van der Waals surface area contributed by atoms with Gasteiger partial charge in [-0.3, -0.25) is 0 Å². The van der Waals surface area contributed by atoms with Crippen molar-refractivity contribution in [2.24, 2.45) is 5.92 Å². The molecule has 4 nitrogen and oxygen atoms in total. The average molecular weight is 302 g/mol. The van der Waals surface area contributed by atoms with Crippen molar-refractivity contribution >= 4 is 27.4 Å². The van der Waals surface area contributed by atoms with Gasteiger partial charge in [-0.05, 0) is 37.1 Å². The van der Waals surface area contributed by atoms with Crippen LogP contribution in [0.5, 0.6) is 0 Å². The van der Waals surface area contributed by atoms with Crippen LogP contribution in [0, 0.1) is 24.2 Å². The minimum atomic E-state index is 0.516. The van der Waals surface area contributed by atoms with Gasteiger partial charge < -0.3 is 4.90 Å². The molecule has 0 aliphatic heterocycles. The summed E-state index contributed by atoms with van der Waals surface area (Å²) in [5.74, 6) is 2.39. The third-order valence-corrected chi connectivity index (χ3v) is 4.33. The van der Waals surface area contributed by atoms with Gasteiger partial charge in [0.2, 0.25) is 0 Å². The maximum Gasteiger partial charge on any atom is 0.141 e. The minimum Gasteiger partial charge on any atom is -0.355 e. The topological polar surface area (TPSA) is 52.8 Å². The van der Waals surface area contributed by atoms with E-state index in [1.807, 2.05) is 6.92 Å². The highest BCUT2D eigenvalue weighted by atomic mass is 32.1. The van der Waals surface area contributed by atoms with E-state index in [1.54, 1.807) is 11.3 Å². The lowest BCUT2D eigenvalue weighted by atomic mass is 10.0. The van der Waals surface area contributed by atoms with E-state index in [-0.39, 0.29) is 0 Å². The van der Waals surface area contributed by atoms with Gasteiger partial charge in [0.25, 0.3) is 0 Å². The van der Waals surface area contributed by atoms with Crippen molar-refractivity contribution in [1.82, 2.24) is 9.97 Å². The third-order valence-electron chi connectivity index (χ3n) is 3.41. The average Bonchev–Trinajstić information content (AvgIpc) is 2.81. The van der Waals surface area contributed by atoms with E-state index in [0.717, 1.165) is 36.0 Å². The predicted molar refractivity (Wildman–Crippen MR) is 88.8 cm³/mol. The molecule has 0 saturated carbocycles. The van der Waals surface area contributed by atoms with E-state index in [1.165, 1.54) is 10.9 Å². The van der Waals surface area contributed by atoms with Crippen molar-refractivity contribution in [3.8, 4) is 6.07 Å². The smallest absolute Gasteiger partial charge is 0.141 e. The number of aromatic nitrogens is 2. The van der Waals surface area contributed by atoms with Gasteiger partial charge >= 0.3 is 0 Å². The first-order chi connectivity index (χ1) is 10.1. The summed E-state index contributed by atoms with van der Waals surface area (Å²) < 4.78 is 0. The SMILES string of the molecule is CCN(CCC#N)c1nc(C)nc2scc(CC(C)C)c12. The first-order valence-corrected chi connectivity index (χ1v) is 8.31. The molecule has 21 heavy (non-hydrogen) atoms. The van der Waals surface area contributed by atoms with Crippen molar-refractivity contribution in [1.29, 1.82) is 5.26 Å². The van der Waals surface area contributed by atoms with Crippen LogP contribution in [0.15, 0.2) is 5.38 Å². The first-order valence-electron chi connectivity index (χ1n) is 7.43. The largest absolute Gasteiger partial charge is 0.355 e. The zero-order chi connectivity index (χ0) is 15.4. The van der Waals surface area contributed by atoms with Gasteiger partial charge in [-0.1, -0.05) is 13.8 Å². The van der Waals surface area contributed by atoms with E-state index < -0.39 is 0 Å². The van der Waals surface area contributed by atoms with Crippen molar-refractivity contribution in [2.75, 3.05) is 18.0 Å². The highest BCUT2D eigenvalue weighted by Crippen LogP contribution is 2.33. The van der Waals surface area contributed by atoms with Crippen LogP contribution in [-0.2, 0) is 6.42 Å². The molecule has 0 aliphatic rings. The molecule has 0 aliphatic carbocycles. The molecule has 2 aromatic rings. The van der Waals surface area contributed by atoms with Gasteiger partial charge in [-0.2, -0.15) is 5.26 Å². The third kappa shape index (κ3) is 3.51. The normalized spacial score (nSPS) is 11.0. The van der Waals surface area contributed by atoms with Crippen LogP contribution in [0.3, 0.4) is 0 Å². The number of aryl methyl sites for hydroxylation is 1. The molecule has 0 aromatic carbocycles. The summed E-state index contributed by atoms with van der Waals surface area (Å²) in [5.41, 5.74) is 1.33. The molecule has 0 unspecified atom stereocenters. The number of fused-ring (bicyclic) bond motifs is 1. The molecule has 0 fully saturated rings. The van der Waals surface area contributed by atoms with Gasteiger partial charge in [-0.15, -0.1) is 11.3 Å². The fraction of sp³-hybridized carbons (Fsp3) is 0.562. The van der Waals surface area contributed by atoms with E-state index in [2.05, 4.69) is 47.1 Å². The lowest BCUT2D eigenvalue weighted by molar-refractivity contribution is 0.651. The summed E-state index contributed by atoms with van der Waals surface area (Å²) in [5, 5.41) is 12.2. The molecular weight excluding hydrogens is 280 g/mol. The van der Waals surface area contributed by atoms with Crippen molar-refractivity contribution in [3.05, 3.63) is 16.8 Å². The zero-order valence-electron chi connectivity index (χ0n) is 13.2. The maximum absolute atomic E-state index is 8.85. The summed E-state index contributed by atoms with van der Waals surface area (Å²) >= 11 is 1.69. The zero-order valence-corrected chi connectivity index (χ0v) is 14.0. The summed E-state index contributed by atoms with van der Waals surface area (Å²) in [6.07, 6.45) is 1.55. The Labute approximate surface area is 130 Å². The molecule has 5 heteroatoms. The van der Waals surface area contributed by atoms with Crippen LogP contribution in [0.25, 0.3) is 10.2 Å². The van der Waals surface area contributed by atoms with E-state index in [9.17, 15) is 0 Å². The van der Waals surface area contributed by atoms with Crippen molar-refractivity contribution in [2.45, 2.75) is 40.5 Å². The molecule has 0 spiro atoms. The second kappa shape index (κ2) is 6.86. The molecule has 0 atom stereocenters. The number of anilines is 1. The molecule has 0 N–H and O–H groups in total. The van der Waals surface area contributed by atoms with Gasteiger partial charge in [0.1, 0.15) is 16.5 Å². The Morgan fingerprint density at radius 2 is 2.14 bits per heavy atom. The molecule has 2 aromatic heterocycles. The van der Waals surface area contributed by atoms with Crippen LogP contribution in [0.1, 0.15) is 38.6 Å². The first kappa shape index (κ1) is 15.7. The second-order valence-corrected chi connectivity index (χ2v) is 6.48. The molecule has 2 rings (SSSR count). The second-order valence-electron chi connectivity index (χ2n) is 5.62. The fourth-order valence-electron chi connectivity index (χ4n) is 2.50. The van der Waals surface area contributed by atoms with E-state index >= 15 is 0 Å². The fourth-order valence-corrected chi connectivity index (χ4v) is 3.50. The van der Waals surface area contributed by atoms with Crippen LogP contribution in [0.2, 0.25) is 0 Å². The van der Waals surface area contributed by atoms with Crippen molar-refractivity contribution < 1.29 is 0 Å². The van der Waals surface area contributed by atoms with Crippen molar-refractivity contribution in [3.63, 3.8) is 0 Å². The van der Waals surface area contributed by atoms with E-state index in [4.69, 9.17) is 5.26 Å².